The summed E-state index contributed by atoms with van der Waals surface area (Å²) >= 11 is 18.2. The third kappa shape index (κ3) is 6.39. The van der Waals surface area contributed by atoms with Crippen LogP contribution in [-0.2, 0) is 16.6 Å². The van der Waals surface area contributed by atoms with Crippen LogP contribution in [0.4, 0.5) is 9.80 Å². The Labute approximate surface area is 175 Å². The van der Waals surface area contributed by atoms with Gasteiger partial charge in [-0.1, -0.05) is 34.5 Å². The van der Waals surface area contributed by atoms with Gasteiger partial charge >= 0.3 is 6.09 Å². The van der Waals surface area contributed by atoms with E-state index in [9.17, 15) is 9.59 Å². The average Bonchev–Trinajstić information content (AvgIpc) is 2.86. The second-order valence-electron chi connectivity index (χ2n) is 5.32. The Morgan fingerprint density at radius 2 is 2.07 bits per heavy atom. The Balaban J connectivity index is 1.67. The van der Waals surface area contributed by atoms with Crippen molar-refractivity contribution in [2.24, 2.45) is 7.05 Å². The molecule has 0 aliphatic heterocycles. The Morgan fingerprint density at radius 3 is 2.74 bits per heavy atom. The highest BCUT2D eigenvalue weighted by atomic mass is 35.5. The number of aromatic nitrogens is 1. The smallest absolute Gasteiger partial charge is 0.412 e. The maximum Gasteiger partial charge on any atom is 0.412 e. The molecule has 146 valence electrons. The van der Waals surface area contributed by atoms with E-state index in [4.69, 9.17) is 44.9 Å². The number of benzene rings is 1. The summed E-state index contributed by atoms with van der Waals surface area (Å²) < 4.78 is 12.8. The second-order valence-corrected chi connectivity index (χ2v) is 7.80. The van der Waals surface area contributed by atoms with Crippen molar-refractivity contribution in [3.8, 4) is 5.75 Å². The molecule has 1 heterocycles. The number of anilines is 1. The van der Waals surface area contributed by atoms with Crippen LogP contribution in [0.5, 0.6) is 5.75 Å². The second kappa shape index (κ2) is 9.93. The fraction of sp³-hybridized carbons (Fsp3) is 0.312. The van der Waals surface area contributed by atoms with Gasteiger partial charge in [0.15, 0.2) is 10.6 Å². The maximum atomic E-state index is 11.8. The van der Waals surface area contributed by atoms with E-state index < -0.39 is 6.09 Å². The number of nitrogens with zero attached hydrogens (tertiary/aromatic N) is 1. The number of ether oxygens (including phenoxy) is 2. The molecular weight excluding hydrogens is 433 g/mol. The summed E-state index contributed by atoms with van der Waals surface area (Å²) in [6.07, 6.45) is -0.619. The fourth-order valence-electron chi connectivity index (χ4n) is 1.88. The minimum absolute atomic E-state index is 0.00672. The first-order chi connectivity index (χ1) is 12.8. The molecule has 0 spiro atoms. The molecule has 2 rings (SSSR count). The molecule has 2 amide bonds. The van der Waals surface area contributed by atoms with Gasteiger partial charge in [-0.05, 0) is 31.3 Å². The number of thiazole rings is 1. The maximum absolute atomic E-state index is 11.8. The molecule has 0 saturated heterocycles. The highest BCUT2D eigenvalue weighted by Gasteiger charge is 2.11. The third-order valence-corrected chi connectivity index (χ3v) is 5.54. The minimum atomic E-state index is -0.619. The largest absolute Gasteiger partial charge is 0.482 e. The molecule has 27 heavy (non-hydrogen) atoms. The first-order valence-corrected chi connectivity index (χ1v) is 9.70. The summed E-state index contributed by atoms with van der Waals surface area (Å²) in [6.45, 7) is 1.75. The van der Waals surface area contributed by atoms with Gasteiger partial charge < -0.3 is 19.4 Å². The van der Waals surface area contributed by atoms with Gasteiger partial charge in [-0.15, -0.1) is 0 Å². The van der Waals surface area contributed by atoms with Crippen molar-refractivity contribution >= 4 is 63.8 Å². The Hall–Kier alpha value is -1.81. The van der Waals surface area contributed by atoms with Gasteiger partial charge in [-0.25, -0.2) is 4.79 Å². The van der Waals surface area contributed by atoms with Crippen molar-refractivity contribution in [3.05, 3.63) is 37.9 Å². The highest BCUT2D eigenvalue weighted by Crippen LogP contribution is 2.27. The number of hydrogen-bond acceptors (Lipinski definition) is 6. The standard InChI is InChI=1S/C16H17Cl2N3O4S2/c1-9-14(27-16(26)21(9)2)20-15(23)24-6-5-19-13(22)8-25-12-7-10(17)3-4-11(12)18/h3-4,7H,5-6,8H2,1-2H3,(H,19,22)(H,20,23). The Bertz CT molecular complexity index is 898. The zero-order chi connectivity index (χ0) is 20.0. The molecule has 0 aliphatic rings. The summed E-state index contributed by atoms with van der Waals surface area (Å²) in [7, 11) is 1.82. The van der Waals surface area contributed by atoms with Crippen molar-refractivity contribution in [2.75, 3.05) is 25.1 Å². The van der Waals surface area contributed by atoms with Crippen LogP contribution in [0.3, 0.4) is 0 Å². The third-order valence-electron chi connectivity index (χ3n) is 3.42. The number of halogens is 2. The summed E-state index contributed by atoms with van der Waals surface area (Å²) in [5.74, 6) is -0.0672. The quantitative estimate of drug-likeness (QED) is 0.489. The molecule has 0 unspecified atom stereocenters. The molecule has 0 bridgehead atoms. The molecule has 1 aromatic carbocycles. The number of hydrogen-bond donors (Lipinski definition) is 2. The van der Waals surface area contributed by atoms with Crippen LogP contribution >= 0.6 is 46.8 Å². The van der Waals surface area contributed by atoms with Gasteiger partial charge in [0.25, 0.3) is 5.91 Å². The summed E-state index contributed by atoms with van der Waals surface area (Å²) in [5.41, 5.74) is 0.840. The van der Waals surface area contributed by atoms with E-state index >= 15 is 0 Å². The van der Waals surface area contributed by atoms with Crippen LogP contribution < -0.4 is 15.4 Å². The number of carbonyl (C=O) groups is 2. The van der Waals surface area contributed by atoms with Crippen LogP contribution in [0.1, 0.15) is 5.69 Å². The topological polar surface area (TPSA) is 81.6 Å². The van der Waals surface area contributed by atoms with Crippen LogP contribution in [-0.4, -0.2) is 36.3 Å². The van der Waals surface area contributed by atoms with Crippen molar-refractivity contribution in [1.82, 2.24) is 9.88 Å². The molecule has 0 saturated carbocycles. The summed E-state index contributed by atoms with van der Waals surface area (Å²) in [5, 5.41) is 6.62. The molecule has 2 N–H and O–H groups in total. The number of carbonyl (C=O) groups excluding carboxylic acids is 2. The lowest BCUT2D eigenvalue weighted by atomic mass is 10.3. The molecule has 1 aromatic heterocycles. The van der Waals surface area contributed by atoms with Gasteiger partial charge in [0.2, 0.25) is 0 Å². The van der Waals surface area contributed by atoms with Crippen molar-refractivity contribution in [2.45, 2.75) is 6.92 Å². The van der Waals surface area contributed by atoms with E-state index in [1.54, 1.807) is 16.7 Å². The van der Waals surface area contributed by atoms with Gasteiger partial charge in [0, 0.05) is 18.1 Å². The van der Waals surface area contributed by atoms with Crippen LogP contribution in [0, 0.1) is 10.9 Å². The molecule has 0 aliphatic carbocycles. The van der Waals surface area contributed by atoms with Gasteiger partial charge in [0.1, 0.15) is 17.4 Å². The van der Waals surface area contributed by atoms with Crippen LogP contribution in [0.25, 0.3) is 0 Å². The Morgan fingerprint density at radius 1 is 1.33 bits per heavy atom. The number of rotatable bonds is 7. The average molecular weight is 450 g/mol. The molecule has 11 heteroatoms. The van der Waals surface area contributed by atoms with Crippen molar-refractivity contribution in [3.63, 3.8) is 0 Å². The van der Waals surface area contributed by atoms with E-state index in [1.165, 1.54) is 17.4 Å². The van der Waals surface area contributed by atoms with E-state index in [-0.39, 0.29) is 25.7 Å². The normalized spacial score (nSPS) is 10.4. The molecule has 2 aromatic rings. The lowest BCUT2D eigenvalue weighted by Gasteiger charge is -2.10. The first kappa shape index (κ1) is 21.5. The minimum Gasteiger partial charge on any atom is -0.482 e. The van der Waals surface area contributed by atoms with Gasteiger partial charge in [0.05, 0.1) is 17.3 Å². The fourth-order valence-corrected chi connectivity index (χ4v) is 3.47. The molecular formula is C16H17Cl2N3O4S2. The lowest BCUT2D eigenvalue weighted by Crippen LogP contribution is -2.32. The monoisotopic (exact) mass is 449 g/mol. The van der Waals surface area contributed by atoms with Crippen molar-refractivity contribution < 1.29 is 19.1 Å². The van der Waals surface area contributed by atoms with Crippen LogP contribution in [0.2, 0.25) is 10.0 Å². The molecule has 0 fully saturated rings. The van der Waals surface area contributed by atoms with E-state index in [2.05, 4.69) is 10.6 Å². The number of nitrogens with one attached hydrogen (secondary N) is 2. The van der Waals surface area contributed by atoms with E-state index in [0.29, 0.717) is 24.8 Å². The summed E-state index contributed by atoms with van der Waals surface area (Å²) in [4.78, 5) is 23.5. The SMILES string of the molecule is Cc1c(NC(=O)OCCNC(=O)COc2cc(Cl)ccc2Cl)sc(=S)n1C. The van der Waals surface area contributed by atoms with E-state index in [0.717, 1.165) is 5.69 Å². The highest BCUT2D eigenvalue weighted by molar-refractivity contribution is 7.73. The first-order valence-electron chi connectivity index (χ1n) is 7.72. The van der Waals surface area contributed by atoms with Crippen LogP contribution in [0.15, 0.2) is 18.2 Å². The molecule has 0 radical (unpaired) electrons. The lowest BCUT2D eigenvalue weighted by molar-refractivity contribution is -0.123. The summed E-state index contributed by atoms with van der Waals surface area (Å²) in [6, 6.07) is 4.71. The van der Waals surface area contributed by atoms with Gasteiger partial charge in [-0.2, -0.15) is 0 Å². The zero-order valence-electron chi connectivity index (χ0n) is 14.5. The zero-order valence-corrected chi connectivity index (χ0v) is 17.7. The molecule has 7 nitrogen and oxygen atoms in total. The van der Waals surface area contributed by atoms with Crippen molar-refractivity contribution in [1.29, 1.82) is 0 Å². The predicted octanol–water partition coefficient (Wildman–Crippen LogP) is 4.18. The predicted molar refractivity (Wildman–Crippen MR) is 109 cm³/mol. The van der Waals surface area contributed by atoms with E-state index in [1.807, 2.05) is 14.0 Å². The molecule has 0 atom stereocenters. The Kier molecular flexibility index (Phi) is 7.91. The van der Waals surface area contributed by atoms with Gasteiger partial charge in [-0.3, -0.25) is 10.1 Å². The number of amides is 2.